The Morgan fingerprint density at radius 2 is 1.87 bits per heavy atom. The van der Waals surface area contributed by atoms with E-state index in [1.165, 1.54) is 6.07 Å². The largest absolute Gasteiger partial charge is 0.490 e. The molecule has 1 aliphatic carbocycles. The van der Waals surface area contributed by atoms with E-state index in [2.05, 4.69) is 18.1 Å². The fourth-order valence-electron chi connectivity index (χ4n) is 3.02. The number of phosphoric ester groups is 1. The number of aliphatic hydroxyl groups is 1. The molecule has 20 heteroatoms. The van der Waals surface area contributed by atoms with Crippen molar-refractivity contribution in [3.8, 4) is 12.3 Å². The second-order valence-electron chi connectivity index (χ2n) is 6.23. The first-order valence-corrected chi connectivity index (χ1v) is 12.6. The Bertz CT molecular complexity index is 1160. The van der Waals surface area contributed by atoms with E-state index in [0.29, 0.717) is 0 Å². The first-order valence-electron chi connectivity index (χ1n) is 7.67. The highest BCUT2D eigenvalue weighted by molar-refractivity contribution is 7.66. The number of hydrogen-bond donors (Lipinski definition) is 6. The molecule has 0 spiro atoms. The van der Waals surface area contributed by atoms with Gasteiger partial charge in [-0.25, -0.2) is 18.5 Å². The predicted molar refractivity (Wildman–Crippen MR) is 97.9 cm³/mol. The molecule has 2 fully saturated rings. The van der Waals surface area contributed by atoms with Crippen LogP contribution in [0.5, 0.6) is 0 Å². The monoisotopic (exact) mass is 523 g/mol. The summed E-state index contributed by atoms with van der Waals surface area (Å²) in [4.78, 5) is 51.4. The van der Waals surface area contributed by atoms with Gasteiger partial charge in [-0.3, -0.25) is 9.09 Å². The van der Waals surface area contributed by atoms with Crippen LogP contribution in [0.1, 0.15) is 6.23 Å². The quantitative estimate of drug-likeness (QED) is 0.139. The number of nitrogen functional groups attached to an aromatic ring is 1. The first kappa shape index (κ1) is 24.5. The summed E-state index contributed by atoms with van der Waals surface area (Å²) in [6.07, 6.45) is 3.13. The van der Waals surface area contributed by atoms with Gasteiger partial charge >= 0.3 is 29.2 Å². The van der Waals surface area contributed by atoms with Gasteiger partial charge in [0.2, 0.25) is 0 Å². The maximum Gasteiger partial charge on any atom is 0.490 e. The van der Waals surface area contributed by atoms with E-state index < -0.39 is 58.1 Å². The van der Waals surface area contributed by atoms with Crippen LogP contribution < -0.4 is 11.4 Å². The molecule has 7 atom stereocenters. The van der Waals surface area contributed by atoms with Crippen LogP contribution >= 0.6 is 35.1 Å². The summed E-state index contributed by atoms with van der Waals surface area (Å²) >= 11 is 6.16. The summed E-state index contributed by atoms with van der Waals surface area (Å²) < 4.78 is 52.1. The highest BCUT2D eigenvalue weighted by Gasteiger charge is 2.89. The number of fused-ring (bicyclic) bond motifs is 1. The summed E-state index contributed by atoms with van der Waals surface area (Å²) in [6.45, 7) is 0. The van der Waals surface area contributed by atoms with Gasteiger partial charge in [0, 0.05) is 6.20 Å². The number of rotatable bonds is 7. The Kier molecular flexibility index (Phi) is 5.88. The predicted octanol–water partition coefficient (Wildman–Crippen LogP) is -1.21. The second kappa shape index (κ2) is 7.44. The van der Waals surface area contributed by atoms with Crippen LogP contribution in [0.25, 0.3) is 0 Å². The molecule has 1 aromatic heterocycles. The summed E-state index contributed by atoms with van der Waals surface area (Å²) in [5.41, 5.74) is -0.154. The molecule has 7 N–H and O–H groups in total. The fourth-order valence-corrected chi connectivity index (χ4v) is 6.71. The van der Waals surface area contributed by atoms with Crippen LogP contribution in [0, 0.1) is 12.3 Å². The Morgan fingerprint density at radius 3 is 2.35 bits per heavy atom. The number of nitrogens with zero attached hydrogens (tertiary/aromatic N) is 2. The van der Waals surface area contributed by atoms with E-state index in [-0.39, 0.29) is 5.82 Å². The van der Waals surface area contributed by atoms with Crippen LogP contribution in [0.4, 0.5) is 5.82 Å². The summed E-state index contributed by atoms with van der Waals surface area (Å²) in [6, 6.07) is 1.22. The van der Waals surface area contributed by atoms with Crippen molar-refractivity contribution in [2.75, 3.05) is 5.73 Å². The molecule has 0 radical (unpaired) electrons. The normalized spacial score (nSPS) is 36.1. The number of nitrogens with two attached hydrogens (primary N) is 1. The number of terminal acetylenes is 1. The molecule has 31 heavy (non-hydrogen) atoms. The van der Waals surface area contributed by atoms with E-state index >= 15 is 0 Å². The second-order valence-corrected chi connectivity index (χ2v) is 11.1. The summed E-state index contributed by atoms with van der Waals surface area (Å²) in [5.74, 6) is 1.85. The average Bonchev–Trinajstić information content (AvgIpc) is 2.95. The molecule has 172 valence electrons. The average molecular weight is 524 g/mol. The van der Waals surface area contributed by atoms with E-state index in [4.69, 9.17) is 38.3 Å². The number of phosphoric acid groups is 3. The van der Waals surface area contributed by atoms with Crippen molar-refractivity contribution in [2.45, 2.75) is 28.9 Å². The first-order chi connectivity index (χ1) is 14.0. The van der Waals surface area contributed by atoms with Crippen molar-refractivity contribution in [2.24, 2.45) is 0 Å². The molecule has 0 amide bonds. The molecule has 2 heterocycles. The van der Waals surface area contributed by atoms with E-state index in [0.717, 1.165) is 10.8 Å². The molecule has 0 aromatic carbocycles. The van der Waals surface area contributed by atoms with Crippen molar-refractivity contribution < 1.29 is 56.3 Å². The Labute approximate surface area is 177 Å². The van der Waals surface area contributed by atoms with Gasteiger partial charge in [0.25, 0.3) is 0 Å². The van der Waals surface area contributed by atoms with Gasteiger partial charge in [-0.05, 0) is 6.07 Å². The molecule has 2 aliphatic rings. The zero-order valence-corrected chi connectivity index (χ0v) is 18.1. The fraction of sp³-hybridized carbons (Fsp3) is 0.455. The smallest absolute Gasteiger partial charge is 0.383 e. The maximum atomic E-state index is 12.0. The van der Waals surface area contributed by atoms with Gasteiger partial charge in [-0.15, -0.1) is 18.0 Å². The minimum atomic E-state index is -5.81. The van der Waals surface area contributed by atoms with Crippen molar-refractivity contribution in [3.05, 3.63) is 22.7 Å². The van der Waals surface area contributed by atoms with Crippen LogP contribution in [0.2, 0.25) is 0 Å². The number of aromatic nitrogens is 2. The molecule has 1 aromatic rings. The number of alkyl halides is 1. The third-order valence-electron chi connectivity index (χ3n) is 4.25. The molecule has 16 nitrogen and oxygen atoms in total. The topological polar surface area (TPSA) is 250 Å². The lowest BCUT2D eigenvalue weighted by Crippen LogP contribution is -2.38. The molecular weight excluding hydrogens is 511 g/mol. The summed E-state index contributed by atoms with van der Waals surface area (Å²) in [7, 11) is -17.1. The van der Waals surface area contributed by atoms with Crippen molar-refractivity contribution >= 4 is 40.9 Å². The van der Waals surface area contributed by atoms with Gasteiger partial charge in [0.05, 0.1) is 0 Å². The van der Waals surface area contributed by atoms with Crippen molar-refractivity contribution in [1.82, 2.24) is 9.55 Å². The van der Waals surface area contributed by atoms with Gasteiger partial charge in [0.1, 0.15) is 17.3 Å². The SMILES string of the molecule is C#CC12O[C@@H](n3ccc(N)nc3=O)[C@H](Cl)[C@@]1(O)C2OP(=O)(O)OP(=O)(O)OP(=O)(O)O. The van der Waals surface area contributed by atoms with E-state index in [1.54, 1.807) is 0 Å². The van der Waals surface area contributed by atoms with Crippen LogP contribution in [0.15, 0.2) is 17.1 Å². The number of ether oxygens (including phenoxy) is 1. The number of halogens is 1. The Hall–Kier alpha value is -1.14. The minimum Gasteiger partial charge on any atom is -0.383 e. The third kappa shape index (κ3) is 4.27. The number of anilines is 1. The van der Waals surface area contributed by atoms with Gasteiger partial charge in [0.15, 0.2) is 17.4 Å². The van der Waals surface area contributed by atoms with Crippen LogP contribution in [-0.2, 0) is 31.6 Å². The highest BCUT2D eigenvalue weighted by Crippen LogP contribution is 2.72. The lowest BCUT2D eigenvalue weighted by atomic mass is 10.1. The molecule has 0 bridgehead atoms. The molecule has 4 unspecified atom stereocenters. The van der Waals surface area contributed by atoms with Gasteiger partial charge in [-0.2, -0.15) is 13.6 Å². The zero-order chi connectivity index (χ0) is 23.6. The molecular formula is C11H13ClN3O13P3. The zero-order valence-electron chi connectivity index (χ0n) is 14.7. The maximum absolute atomic E-state index is 12.0. The Morgan fingerprint density at radius 1 is 1.26 bits per heavy atom. The van der Waals surface area contributed by atoms with Gasteiger partial charge < -0.3 is 35.2 Å². The molecule has 1 aliphatic heterocycles. The van der Waals surface area contributed by atoms with Gasteiger partial charge in [-0.1, -0.05) is 5.92 Å². The standard InChI is InChI=1S/C11H13ClN3O13P3/c1-2-10-8(26-30(21,22)28-31(23,24)27-29(18,19)20)11(10,17)6(12)7(25-10)15-4-3-5(13)14-9(15)16/h1,3-4,6-8,17H,(H,21,22)(H,23,24)(H2,13,14,16)(H2,18,19,20)/t6-,7+,8?,10?,11+/m0/s1. The van der Waals surface area contributed by atoms with Crippen molar-refractivity contribution in [3.63, 3.8) is 0 Å². The van der Waals surface area contributed by atoms with Crippen molar-refractivity contribution in [1.29, 1.82) is 0 Å². The minimum absolute atomic E-state index is 0.119. The Balaban J connectivity index is 1.83. The third-order valence-corrected chi connectivity index (χ3v) is 8.61. The number of hydrogen-bond acceptors (Lipinski definition) is 11. The molecule has 3 rings (SSSR count). The highest BCUT2D eigenvalue weighted by atomic mass is 35.5. The van der Waals surface area contributed by atoms with E-state index in [9.17, 15) is 33.4 Å². The molecule has 1 saturated carbocycles. The molecule has 1 saturated heterocycles. The van der Waals surface area contributed by atoms with Crippen LogP contribution in [-0.4, -0.2) is 56.9 Å². The lowest BCUT2D eigenvalue weighted by molar-refractivity contribution is -0.0394. The van der Waals surface area contributed by atoms with E-state index in [1.807, 2.05) is 5.92 Å². The summed E-state index contributed by atoms with van der Waals surface area (Å²) in [5, 5.41) is 9.23. The lowest BCUT2D eigenvalue weighted by Gasteiger charge is -2.24. The van der Waals surface area contributed by atoms with Crippen LogP contribution in [0.3, 0.4) is 0 Å².